The van der Waals surface area contributed by atoms with Crippen molar-refractivity contribution in [3.8, 4) is 0 Å². The standard InChI is InChI=1S/C18H19ClN2O2/c19-14-7-3-8-15(11-14)21-17(22)20-12-18(23)10-4-6-13-5-1-2-9-16(13)18/h1-3,5,7-9,11,23H,4,6,10,12H2,(H2,20,21,22). The molecule has 23 heavy (non-hydrogen) atoms. The van der Waals surface area contributed by atoms with Crippen LogP contribution in [0.4, 0.5) is 10.5 Å². The van der Waals surface area contributed by atoms with Crippen molar-refractivity contribution in [2.24, 2.45) is 0 Å². The zero-order valence-electron chi connectivity index (χ0n) is 12.7. The number of rotatable bonds is 3. The molecule has 0 heterocycles. The van der Waals surface area contributed by atoms with E-state index in [4.69, 9.17) is 11.6 Å². The molecular formula is C18H19ClN2O2. The van der Waals surface area contributed by atoms with Gasteiger partial charge in [-0.1, -0.05) is 41.9 Å². The summed E-state index contributed by atoms with van der Waals surface area (Å²) in [5.74, 6) is 0. The van der Waals surface area contributed by atoms with Crippen molar-refractivity contribution in [3.05, 3.63) is 64.7 Å². The Labute approximate surface area is 140 Å². The summed E-state index contributed by atoms with van der Waals surface area (Å²) in [4.78, 5) is 12.0. The van der Waals surface area contributed by atoms with Crippen LogP contribution >= 0.6 is 11.6 Å². The number of carbonyl (C=O) groups is 1. The molecule has 0 aliphatic heterocycles. The number of aliphatic hydroxyl groups is 1. The minimum Gasteiger partial charge on any atom is -0.383 e. The van der Waals surface area contributed by atoms with Crippen LogP contribution < -0.4 is 10.6 Å². The van der Waals surface area contributed by atoms with Gasteiger partial charge in [0, 0.05) is 10.7 Å². The SMILES string of the molecule is O=C(NCC1(O)CCCc2ccccc21)Nc1cccc(Cl)c1. The number of aryl methyl sites for hydroxylation is 1. The zero-order valence-corrected chi connectivity index (χ0v) is 13.4. The van der Waals surface area contributed by atoms with Crippen molar-refractivity contribution >= 4 is 23.3 Å². The summed E-state index contributed by atoms with van der Waals surface area (Å²) < 4.78 is 0. The Balaban J connectivity index is 1.65. The third-order valence-corrected chi connectivity index (χ3v) is 4.41. The van der Waals surface area contributed by atoms with Crippen LogP contribution in [0, 0.1) is 0 Å². The van der Waals surface area contributed by atoms with Crippen molar-refractivity contribution in [2.75, 3.05) is 11.9 Å². The summed E-state index contributed by atoms with van der Waals surface area (Å²) in [6, 6.07) is 14.4. The minimum absolute atomic E-state index is 0.177. The second-order valence-corrected chi connectivity index (χ2v) is 6.30. The molecule has 1 atom stereocenters. The Morgan fingerprint density at radius 2 is 2.04 bits per heavy atom. The van der Waals surface area contributed by atoms with Crippen LogP contribution in [0.25, 0.3) is 0 Å². The quantitative estimate of drug-likeness (QED) is 0.803. The first kappa shape index (κ1) is 15.8. The average molecular weight is 331 g/mol. The third-order valence-electron chi connectivity index (χ3n) is 4.18. The summed E-state index contributed by atoms with van der Waals surface area (Å²) in [6.45, 7) is 0.177. The van der Waals surface area contributed by atoms with Gasteiger partial charge in [0.05, 0.1) is 6.54 Å². The van der Waals surface area contributed by atoms with E-state index < -0.39 is 5.60 Å². The summed E-state index contributed by atoms with van der Waals surface area (Å²) >= 11 is 5.89. The molecule has 4 nitrogen and oxygen atoms in total. The number of hydrogen-bond donors (Lipinski definition) is 3. The smallest absolute Gasteiger partial charge is 0.319 e. The van der Waals surface area contributed by atoms with Crippen LogP contribution in [-0.4, -0.2) is 17.7 Å². The molecule has 0 bridgehead atoms. The maximum Gasteiger partial charge on any atom is 0.319 e. The first-order chi connectivity index (χ1) is 11.1. The molecule has 0 aromatic heterocycles. The molecule has 3 N–H and O–H groups in total. The van der Waals surface area contributed by atoms with Gasteiger partial charge in [-0.25, -0.2) is 4.79 Å². The van der Waals surface area contributed by atoms with Crippen molar-refractivity contribution in [2.45, 2.75) is 24.9 Å². The van der Waals surface area contributed by atoms with Gasteiger partial charge in [0.15, 0.2) is 0 Å². The Morgan fingerprint density at radius 3 is 2.87 bits per heavy atom. The second-order valence-electron chi connectivity index (χ2n) is 5.86. The van der Waals surface area contributed by atoms with Crippen LogP contribution in [0.1, 0.15) is 24.0 Å². The summed E-state index contributed by atoms with van der Waals surface area (Å²) in [5, 5.41) is 17.0. The second kappa shape index (κ2) is 6.60. The molecule has 0 saturated heterocycles. The highest BCUT2D eigenvalue weighted by Crippen LogP contribution is 2.34. The van der Waals surface area contributed by atoms with Gasteiger partial charge in [0.1, 0.15) is 5.60 Å². The normalized spacial score (nSPS) is 19.7. The predicted octanol–water partition coefficient (Wildman–Crippen LogP) is 3.69. The number of benzene rings is 2. The molecule has 2 amide bonds. The van der Waals surface area contributed by atoms with Crippen molar-refractivity contribution in [1.82, 2.24) is 5.32 Å². The number of carbonyl (C=O) groups excluding carboxylic acids is 1. The Morgan fingerprint density at radius 1 is 1.22 bits per heavy atom. The van der Waals surface area contributed by atoms with Crippen molar-refractivity contribution in [1.29, 1.82) is 0 Å². The van der Waals surface area contributed by atoms with Gasteiger partial charge >= 0.3 is 6.03 Å². The van der Waals surface area contributed by atoms with Gasteiger partial charge in [-0.05, 0) is 48.6 Å². The van der Waals surface area contributed by atoms with E-state index in [1.54, 1.807) is 24.3 Å². The molecule has 0 radical (unpaired) electrons. The number of hydrogen-bond acceptors (Lipinski definition) is 2. The van der Waals surface area contributed by atoms with Gasteiger partial charge in [-0.15, -0.1) is 0 Å². The van der Waals surface area contributed by atoms with Crippen LogP contribution in [0.15, 0.2) is 48.5 Å². The Bertz CT molecular complexity index is 720. The van der Waals surface area contributed by atoms with Gasteiger partial charge < -0.3 is 15.7 Å². The summed E-state index contributed by atoms with van der Waals surface area (Å²) in [6.07, 6.45) is 2.51. The molecule has 3 rings (SSSR count). The highest BCUT2D eigenvalue weighted by atomic mass is 35.5. The molecule has 0 spiro atoms. The van der Waals surface area contributed by atoms with Crippen LogP contribution in [0.3, 0.4) is 0 Å². The molecule has 0 fully saturated rings. The van der Waals surface area contributed by atoms with E-state index in [0.717, 1.165) is 24.0 Å². The van der Waals surface area contributed by atoms with Crippen LogP contribution in [0.2, 0.25) is 5.02 Å². The molecule has 2 aromatic carbocycles. The van der Waals surface area contributed by atoms with E-state index in [0.29, 0.717) is 17.1 Å². The van der Waals surface area contributed by atoms with E-state index in [1.807, 2.05) is 24.3 Å². The average Bonchev–Trinajstić information content (AvgIpc) is 2.54. The monoisotopic (exact) mass is 330 g/mol. The fourth-order valence-corrected chi connectivity index (χ4v) is 3.24. The molecule has 1 unspecified atom stereocenters. The lowest BCUT2D eigenvalue weighted by Crippen LogP contribution is -2.44. The topological polar surface area (TPSA) is 61.4 Å². The minimum atomic E-state index is -1.01. The molecule has 120 valence electrons. The fourth-order valence-electron chi connectivity index (χ4n) is 3.05. The molecular weight excluding hydrogens is 312 g/mol. The van der Waals surface area contributed by atoms with Crippen molar-refractivity contribution < 1.29 is 9.90 Å². The van der Waals surface area contributed by atoms with E-state index >= 15 is 0 Å². The van der Waals surface area contributed by atoms with E-state index in [1.165, 1.54) is 0 Å². The highest BCUT2D eigenvalue weighted by Gasteiger charge is 2.34. The number of urea groups is 1. The molecule has 1 aliphatic carbocycles. The molecule has 5 heteroatoms. The Hall–Kier alpha value is -2.04. The number of nitrogens with one attached hydrogen (secondary N) is 2. The maximum absolute atomic E-state index is 12.0. The maximum atomic E-state index is 12.0. The van der Waals surface area contributed by atoms with Crippen molar-refractivity contribution in [3.63, 3.8) is 0 Å². The van der Waals surface area contributed by atoms with Gasteiger partial charge in [0.25, 0.3) is 0 Å². The molecule has 0 saturated carbocycles. The summed E-state index contributed by atoms with van der Waals surface area (Å²) in [7, 11) is 0. The lowest BCUT2D eigenvalue weighted by molar-refractivity contribution is 0.0221. The van der Waals surface area contributed by atoms with Crippen LogP contribution in [0.5, 0.6) is 0 Å². The number of anilines is 1. The van der Waals surface area contributed by atoms with Crippen LogP contribution in [-0.2, 0) is 12.0 Å². The lowest BCUT2D eigenvalue weighted by Gasteiger charge is -2.34. The van der Waals surface area contributed by atoms with E-state index in [-0.39, 0.29) is 12.6 Å². The predicted molar refractivity (Wildman–Crippen MR) is 91.8 cm³/mol. The first-order valence-corrected chi connectivity index (χ1v) is 8.06. The molecule has 1 aliphatic rings. The highest BCUT2D eigenvalue weighted by molar-refractivity contribution is 6.30. The first-order valence-electron chi connectivity index (χ1n) is 7.68. The molecule has 2 aromatic rings. The largest absolute Gasteiger partial charge is 0.383 e. The van der Waals surface area contributed by atoms with Gasteiger partial charge in [-0.3, -0.25) is 0 Å². The zero-order chi connectivity index (χ0) is 16.3. The number of amides is 2. The van der Waals surface area contributed by atoms with Gasteiger partial charge in [0.2, 0.25) is 0 Å². The third kappa shape index (κ3) is 3.66. The Kier molecular flexibility index (Phi) is 4.55. The lowest BCUT2D eigenvalue weighted by atomic mass is 9.79. The number of fused-ring (bicyclic) bond motifs is 1. The number of halogens is 1. The van der Waals surface area contributed by atoms with E-state index in [2.05, 4.69) is 10.6 Å². The fraction of sp³-hybridized carbons (Fsp3) is 0.278. The van der Waals surface area contributed by atoms with E-state index in [9.17, 15) is 9.90 Å². The van der Waals surface area contributed by atoms with Gasteiger partial charge in [-0.2, -0.15) is 0 Å². The summed E-state index contributed by atoms with van der Waals surface area (Å²) in [5.41, 5.74) is 1.67.